The quantitative estimate of drug-likeness (QED) is 0.435. The third-order valence-electron chi connectivity index (χ3n) is 5.07. The standard InChI is InChI=1S/C23H25F3N4/c1-4-15(3)17-8-12-19(13-9-17)29-22-27-14-20(23(24,25)26)21(30-22)28-18-10-6-16(5-2)7-11-18/h6-15H,4-5H2,1-3H3,(H2,27,28,29,30). The Morgan fingerprint density at radius 2 is 1.50 bits per heavy atom. The monoisotopic (exact) mass is 414 g/mol. The van der Waals surface area contributed by atoms with E-state index in [1.165, 1.54) is 5.56 Å². The number of aryl methyl sites for hydroxylation is 1. The second-order valence-electron chi connectivity index (χ2n) is 7.19. The molecule has 0 radical (unpaired) electrons. The fourth-order valence-corrected chi connectivity index (χ4v) is 2.97. The molecule has 0 fully saturated rings. The second-order valence-corrected chi connectivity index (χ2v) is 7.19. The molecule has 30 heavy (non-hydrogen) atoms. The molecule has 3 aromatic rings. The smallest absolute Gasteiger partial charge is 0.340 e. The number of nitrogens with one attached hydrogen (secondary N) is 2. The van der Waals surface area contributed by atoms with Crippen LogP contribution < -0.4 is 10.6 Å². The van der Waals surface area contributed by atoms with Gasteiger partial charge in [-0.2, -0.15) is 18.2 Å². The van der Waals surface area contributed by atoms with Crippen molar-refractivity contribution in [3.05, 3.63) is 71.4 Å². The minimum Gasteiger partial charge on any atom is -0.340 e. The summed E-state index contributed by atoms with van der Waals surface area (Å²) in [6.45, 7) is 6.28. The van der Waals surface area contributed by atoms with Gasteiger partial charge in [0.15, 0.2) is 0 Å². The van der Waals surface area contributed by atoms with Gasteiger partial charge in [0, 0.05) is 17.6 Å². The first-order valence-corrected chi connectivity index (χ1v) is 9.97. The van der Waals surface area contributed by atoms with Gasteiger partial charge in [0.2, 0.25) is 5.95 Å². The molecule has 1 atom stereocenters. The molecule has 0 aliphatic rings. The van der Waals surface area contributed by atoms with Crippen LogP contribution in [0.1, 0.15) is 49.8 Å². The molecule has 7 heteroatoms. The van der Waals surface area contributed by atoms with Gasteiger partial charge in [0.25, 0.3) is 0 Å². The van der Waals surface area contributed by atoms with Gasteiger partial charge < -0.3 is 10.6 Å². The van der Waals surface area contributed by atoms with Gasteiger partial charge >= 0.3 is 6.18 Å². The molecule has 0 aliphatic heterocycles. The maximum absolute atomic E-state index is 13.4. The van der Waals surface area contributed by atoms with Crippen molar-refractivity contribution >= 4 is 23.1 Å². The molecule has 1 unspecified atom stereocenters. The van der Waals surface area contributed by atoms with E-state index in [-0.39, 0.29) is 11.8 Å². The van der Waals surface area contributed by atoms with E-state index in [9.17, 15) is 13.2 Å². The lowest BCUT2D eigenvalue weighted by Crippen LogP contribution is -2.12. The van der Waals surface area contributed by atoms with Crippen molar-refractivity contribution in [1.82, 2.24) is 9.97 Å². The van der Waals surface area contributed by atoms with Crippen LogP contribution in [0.5, 0.6) is 0 Å². The molecule has 0 saturated carbocycles. The van der Waals surface area contributed by atoms with Gasteiger partial charge in [-0.3, -0.25) is 0 Å². The average Bonchev–Trinajstić information content (AvgIpc) is 2.73. The van der Waals surface area contributed by atoms with Gasteiger partial charge in [0.1, 0.15) is 11.4 Å². The number of hydrogen-bond donors (Lipinski definition) is 2. The molecule has 0 aliphatic carbocycles. The Morgan fingerprint density at radius 1 is 0.900 bits per heavy atom. The van der Waals surface area contributed by atoms with E-state index in [1.807, 2.05) is 43.3 Å². The summed E-state index contributed by atoms with van der Waals surface area (Å²) in [5, 5.41) is 5.76. The Hall–Kier alpha value is -3.09. The van der Waals surface area contributed by atoms with Crippen LogP contribution in [0.25, 0.3) is 0 Å². The summed E-state index contributed by atoms with van der Waals surface area (Å²) >= 11 is 0. The fraction of sp³-hybridized carbons (Fsp3) is 0.304. The highest BCUT2D eigenvalue weighted by molar-refractivity contribution is 5.63. The molecule has 0 saturated heterocycles. The van der Waals surface area contributed by atoms with Crippen LogP contribution in [0.4, 0.5) is 36.3 Å². The topological polar surface area (TPSA) is 49.8 Å². The highest BCUT2D eigenvalue weighted by atomic mass is 19.4. The number of benzene rings is 2. The summed E-state index contributed by atoms with van der Waals surface area (Å²) in [5.74, 6) is 0.240. The Bertz CT molecular complexity index is 967. The van der Waals surface area contributed by atoms with E-state index in [4.69, 9.17) is 0 Å². The molecule has 3 rings (SSSR count). The molecular formula is C23H25F3N4. The van der Waals surface area contributed by atoms with Gasteiger partial charge in [-0.25, -0.2) is 4.98 Å². The lowest BCUT2D eigenvalue weighted by Gasteiger charge is -2.15. The molecule has 0 spiro atoms. The van der Waals surface area contributed by atoms with E-state index < -0.39 is 11.7 Å². The summed E-state index contributed by atoms with van der Waals surface area (Å²) in [6.07, 6.45) is -1.89. The predicted octanol–water partition coefficient (Wildman–Crippen LogP) is 7.06. The van der Waals surface area contributed by atoms with Crippen molar-refractivity contribution in [3.63, 3.8) is 0 Å². The van der Waals surface area contributed by atoms with Crippen molar-refractivity contribution in [1.29, 1.82) is 0 Å². The first kappa shape index (κ1) is 21.6. The number of rotatable bonds is 7. The Labute approximate surface area is 174 Å². The van der Waals surface area contributed by atoms with Crippen LogP contribution >= 0.6 is 0 Å². The first-order valence-electron chi connectivity index (χ1n) is 9.97. The summed E-state index contributed by atoms with van der Waals surface area (Å²) < 4.78 is 40.3. The minimum absolute atomic E-state index is 0.0898. The van der Waals surface area contributed by atoms with Gasteiger partial charge in [0.05, 0.1) is 0 Å². The van der Waals surface area contributed by atoms with Crippen molar-refractivity contribution in [3.8, 4) is 0 Å². The third-order valence-corrected chi connectivity index (χ3v) is 5.07. The zero-order valence-electron chi connectivity index (χ0n) is 17.2. The highest BCUT2D eigenvalue weighted by Crippen LogP contribution is 2.35. The number of aromatic nitrogens is 2. The van der Waals surface area contributed by atoms with Crippen LogP contribution in [-0.4, -0.2) is 9.97 Å². The molecule has 2 N–H and O–H groups in total. The molecule has 158 valence electrons. The number of hydrogen-bond acceptors (Lipinski definition) is 4. The molecular weight excluding hydrogens is 389 g/mol. The van der Waals surface area contributed by atoms with Gasteiger partial charge in [-0.05, 0) is 54.2 Å². The van der Waals surface area contributed by atoms with Crippen molar-refractivity contribution in [2.24, 2.45) is 0 Å². The van der Waals surface area contributed by atoms with E-state index in [0.29, 0.717) is 17.3 Å². The normalized spacial score (nSPS) is 12.5. The van der Waals surface area contributed by atoms with Crippen LogP contribution in [0.2, 0.25) is 0 Å². The van der Waals surface area contributed by atoms with Crippen molar-refractivity contribution in [2.45, 2.75) is 45.7 Å². The minimum atomic E-state index is -4.57. The van der Waals surface area contributed by atoms with E-state index >= 15 is 0 Å². The van der Waals surface area contributed by atoms with Crippen molar-refractivity contribution < 1.29 is 13.2 Å². The Morgan fingerprint density at radius 3 is 2.07 bits per heavy atom. The van der Waals surface area contributed by atoms with E-state index in [1.54, 1.807) is 12.1 Å². The Kier molecular flexibility index (Phi) is 6.59. The lowest BCUT2D eigenvalue weighted by molar-refractivity contribution is -0.137. The lowest BCUT2D eigenvalue weighted by atomic mass is 9.99. The van der Waals surface area contributed by atoms with Crippen LogP contribution in [0, 0.1) is 0 Å². The molecule has 0 bridgehead atoms. The van der Waals surface area contributed by atoms with Crippen LogP contribution in [0.3, 0.4) is 0 Å². The molecule has 4 nitrogen and oxygen atoms in total. The summed E-state index contributed by atoms with van der Waals surface area (Å²) in [4.78, 5) is 7.95. The van der Waals surface area contributed by atoms with Crippen LogP contribution in [-0.2, 0) is 12.6 Å². The second kappa shape index (κ2) is 9.15. The Balaban J connectivity index is 1.86. The summed E-state index contributed by atoms with van der Waals surface area (Å²) in [5.41, 5.74) is 2.62. The van der Waals surface area contributed by atoms with Crippen LogP contribution in [0.15, 0.2) is 54.7 Å². The predicted molar refractivity (Wildman–Crippen MR) is 115 cm³/mol. The molecule has 1 aromatic heterocycles. The molecule has 1 heterocycles. The average molecular weight is 414 g/mol. The first-order chi connectivity index (χ1) is 14.3. The number of alkyl halides is 3. The molecule has 2 aromatic carbocycles. The van der Waals surface area contributed by atoms with E-state index in [0.717, 1.165) is 24.6 Å². The van der Waals surface area contributed by atoms with Gasteiger partial charge in [-0.1, -0.05) is 45.0 Å². The third kappa shape index (κ3) is 5.28. The summed E-state index contributed by atoms with van der Waals surface area (Å²) in [6, 6.07) is 15.0. The summed E-state index contributed by atoms with van der Waals surface area (Å²) in [7, 11) is 0. The van der Waals surface area contributed by atoms with E-state index in [2.05, 4.69) is 34.4 Å². The van der Waals surface area contributed by atoms with Crippen molar-refractivity contribution in [2.75, 3.05) is 10.6 Å². The zero-order valence-corrected chi connectivity index (χ0v) is 17.2. The molecule has 0 amide bonds. The zero-order chi connectivity index (χ0) is 21.7. The maximum atomic E-state index is 13.4. The fourth-order valence-electron chi connectivity index (χ4n) is 2.97. The number of nitrogens with zero attached hydrogens (tertiary/aromatic N) is 2. The SMILES string of the molecule is CCc1ccc(Nc2nc(Nc3ccc(C(C)CC)cc3)ncc2C(F)(F)F)cc1. The number of halogens is 3. The number of anilines is 4. The largest absolute Gasteiger partial charge is 0.421 e. The highest BCUT2D eigenvalue weighted by Gasteiger charge is 2.35. The van der Waals surface area contributed by atoms with Gasteiger partial charge in [-0.15, -0.1) is 0 Å². The maximum Gasteiger partial charge on any atom is 0.421 e.